The molecule has 0 saturated carbocycles. The fourth-order valence-electron chi connectivity index (χ4n) is 3.53. The third-order valence-electron chi connectivity index (χ3n) is 4.60. The number of hydrogen-bond donors (Lipinski definition) is 1. The van der Waals surface area contributed by atoms with Gasteiger partial charge in [0.1, 0.15) is 5.75 Å². The molecule has 6 heteroatoms. The second kappa shape index (κ2) is 5.74. The van der Waals surface area contributed by atoms with Gasteiger partial charge in [0.25, 0.3) is 0 Å². The molecular weight excluding hydrogens is 324 g/mol. The van der Waals surface area contributed by atoms with Gasteiger partial charge in [0.15, 0.2) is 23.0 Å². The number of rotatable bonds is 3. The molecule has 2 aliphatic rings. The van der Waals surface area contributed by atoms with E-state index in [0.29, 0.717) is 35.2 Å². The summed E-state index contributed by atoms with van der Waals surface area (Å²) in [4.78, 5) is 0. The lowest BCUT2D eigenvalue weighted by atomic mass is 9.82. The first-order valence-electron chi connectivity index (χ1n) is 8.08. The van der Waals surface area contributed by atoms with Crippen molar-refractivity contribution in [2.24, 2.45) is 0 Å². The number of hydrogen-bond acceptors (Lipinski definition) is 6. The minimum atomic E-state index is -1.31. The maximum atomic E-state index is 10.6. The molecule has 2 aliphatic heterocycles. The van der Waals surface area contributed by atoms with Gasteiger partial charge >= 0.3 is 0 Å². The van der Waals surface area contributed by atoms with Crippen molar-refractivity contribution in [3.05, 3.63) is 41.5 Å². The zero-order valence-corrected chi connectivity index (χ0v) is 14.4. The van der Waals surface area contributed by atoms with Crippen molar-refractivity contribution in [3.8, 4) is 28.7 Å². The van der Waals surface area contributed by atoms with Gasteiger partial charge in [-0.15, -0.1) is 0 Å². The number of methoxy groups -OCH3 is 2. The van der Waals surface area contributed by atoms with E-state index in [2.05, 4.69) is 0 Å². The van der Waals surface area contributed by atoms with Gasteiger partial charge in [0.2, 0.25) is 12.6 Å². The fraction of sp³-hybridized carbons (Fsp3) is 0.368. The van der Waals surface area contributed by atoms with Crippen LogP contribution in [-0.4, -0.2) is 31.9 Å². The van der Waals surface area contributed by atoms with Gasteiger partial charge in [-0.25, -0.2) is 0 Å². The Hall–Kier alpha value is -2.60. The van der Waals surface area contributed by atoms with E-state index in [0.717, 1.165) is 11.1 Å². The van der Waals surface area contributed by atoms with Crippen molar-refractivity contribution in [1.29, 1.82) is 0 Å². The molecule has 0 aromatic heterocycles. The molecule has 2 aromatic rings. The van der Waals surface area contributed by atoms with Crippen LogP contribution >= 0.6 is 0 Å². The summed E-state index contributed by atoms with van der Waals surface area (Å²) in [6.07, 6.45) is 0.378. The van der Waals surface area contributed by atoms with E-state index in [-0.39, 0.29) is 12.7 Å². The zero-order chi connectivity index (χ0) is 17.6. The first-order chi connectivity index (χ1) is 12.0. The molecule has 4 rings (SSSR count). The molecule has 2 heterocycles. The van der Waals surface area contributed by atoms with Gasteiger partial charge in [-0.05, 0) is 12.1 Å². The van der Waals surface area contributed by atoms with Crippen LogP contribution in [0.2, 0.25) is 0 Å². The van der Waals surface area contributed by atoms with Crippen LogP contribution in [-0.2, 0) is 0 Å². The summed E-state index contributed by atoms with van der Waals surface area (Å²) >= 11 is 0. The summed E-state index contributed by atoms with van der Waals surface area (Å²) in [5.74, 6) is 1.72. The summed E-state index contributed by atoms with van der Waals surface area (Å²) in [7, 11) is 3.22. The highest BCUT2D eigenvalue weighted by Crippen LogP contribution is 2.51. The Morgan fingerprint density at radius 3 is 2.52 bits per heavy atom. The predicted octanol–water partition coefficient (Wildman–Crippen LogP) is 3.06. The summed E-state index contributed by atoms with van der Waals surface area (Å²) in [6, 6.07) is 9.41. The van der Waals surface area contributed by atoms with Crippen molar-refractivity contribution in [1.82, 2.24) is 0 Å². The van der Waals surface area contributed by atoms with E-state index in [1.54, 1.807) is 27.2 Å². The van der Waals surface area contributed by atoms with Crippen LogP contribution in [0.15, 0.2) is 30.3 Å². The largest absolute Gasteiger partial charge is 0.493 e. The van der Waals surface area contributed by atoms with Gasteiger partial charge in [-0.2, -0.15) is 0 Å². The first-order valence-corrected chi connectivity index (χ1v) is 8.08. The predicted molar refractivity (Wildman–Crippen MR) is 89.8 cm³/mol. The molecule has 2 atom stereocenters. The lowest BCUT2D eigenvalue weighted by Gasteiger charge is -2.37. The molecule has 0 aliphatic carbocycles. The lowest BCUT2D eigenvalue weighted by Crippen LogP contribution is -2.38. The number of para-hydroxylation sites is 1. The lowest BCUT2D eigenvalue weighted by molar-refractivity contribution is -0.137. The molecule has 0 amide bonds. The molecule has 0 fully saturated rings. The number of benzene rings is 2. The van der Waals surface area contributed by atoms with Gasteiger partial charge in [0.05, 0.1) is 14.2 Å². The van der Waals surface area contributed by atoms with Crippen molar-refractivity contribution >= 4 is 0 Å². The van der Waals surface area contributed by atoms with E-state index < -0.39 is 5.79 Å². The Bertz CT molecular complexity index is 814. The second-order valence-corrected chi connectivity index (χ2v) is 6.36. The maximum absolute atomic E-state index is 10.6. The Morgan fingerprint density at radius 2 is 1.80 bits per heavy atom. The van der Waals surface area contributed by atoms with Crippen LogP contribution in [0.25, 0.3) is 0 Å². The highest BCUT2D eigenvalue weighted by Gasteiger charge is 2.39. The molecule has 2 unspecified atom stereocenters. The molecule has 0 radical (unpaired) electrons. The van der Waals surface area contributed by atoms with E-state index in [1.807, 2.05) is 24.3 Å². The SMILES string of the molecule is COc1cccc(C2CC(C)(O)Oc3cc4c(cc32)OCO4)c1OC. The molecule has 0 spiro atoms. The van der Waals surface area contributed by atoms with E-state index >= 15 is 0 Å². The molecule has 2 aromatic carbocycles. The van der Waals surface area contributed by atoms with Gasteiger partial charge in [-0.3, -0.25) is 0 Å². The molecule has 25 heavy (non-hydrogen) atoms. The highest BCUT2D eigenvalue weighted by molar-refractivity contribution is 5.59. The molecule has 0 saturated heterocycles. The van der Waals surface area contributed by atoms with Crippen LogP contribution in [0.3, 0.4) is 0 Å². The van der Waals surface area contributed by atoms with Crippen molar-refractivity contribution in [3.63, 3.8) is 0 Å². The zero-order valence-electron chi connectivity index (χ0n) is 14.4. The minimum absolute atomic E-state index is 0.140. The molecule has 1 N–H and O–H groups in total. The Labute approximate surface area is 145 Å². The number of ether oxygens (including phenoxy) is 5. The smallest absolute Gasteiger partial charge is 0.231 e. The minimum Gasteiger partial charge on any atom is -0.493 e. The Morgan fingerprint density at radius 1 is 1.04 bits per heavy atom. The Kier molecular flexibility index (Phi) is 3.65. The van der Waals surface area contributed by atoms with Crippen LogP contribution in [0.1, 0.15) is 30.4 Å². The fourth-order valence-corrected chi connectivity index (χ4v) is 3.53. The Balaban J connectivity index is 1.89. The van der Waals surface area contributed by atoms with Crippen LogP contribution < -0.4 is 23.7 Å². The standard InChI is InChI=1S/C19H20O6/c1-19(20)9-13(11-5-4-6-14(21-2)18(11)22-3)12-7-16-17(24-10-23-16)8-15(12)25-19/h4-8,13,20H,9-10H2,1-3H3. The van der Waals surface area contributed by atoms with Crippen LogP contribution in [0.4, 0.5) is 0 Å². The first kappa shape index (κ1) is 15.9. The van der Waals surface area contributed by atoms with Crippen LogP contribution in [0.5, 0.6) is 28.7 Å². The van der Waals surface area contributed by atoms with E-state index in [1.165, 1.54) is 0 Å². The van der Waals surface area contributed by atoms with Gasteiger partial charge in [-0.1, -0.05) is 12.1 Å². The van der Waals surface area contributed by atoms with Crippen molar-refractivity contribution < 1.29 is 28.8 Å². The molecule has 6 nitrogen and oxygen atoms in total. The number of fused-ring (bicyclic) bond motifs is 2. The third kappa shape index (κ3) is 2.62. The summed E-state index contributed by atoms with van der Waals surface area (Å²) in [5, 5.41) is 10.6. The average molecular weight is 344 g/mol. The quantitative estimate of drug-likeness (QED) is 0.923. The monoisotopic (exact) mass is 344 g/mol. The normalized spacial score (nSPS) is 23.6. The van der Waals surface area contributed by atoms with Crippen LogP contribution in [0, 0.1) is 0 Å². The maximum Gasteiger partial charge on any atom is 0.231 e. The average Bonchev–Trinajstić information content (AvgIpc) is 3.05. The van der Waals surface area contributed by atoms with Gasteiger partial charge in [0, 0.05) is 36.5 Å². The molecule has 132 valence electrons. The number of aliphatic hydroxyl groups is 1. The third-order valence-corrected chi connectivity index (χ3v) is 4.60. The topological polar surface area (TPSA) is 66.4 Å². The molecular formula is C19H20O6. The summed E-state index contributed by atoms with van der Waals surface area (Å²) < 4.78 is 27.7. The highest BCUT2D eigenvalue weighted by atomic mass is 16.7. The van der Waals surface area contributed by atoms with Gasteiger partial charge < -0.3 is 28.8 Å². The second-order valence-electron chi connectivity index (χ2n) is 6.36. The summed E-state index contributed by atoms with van der Waals surface area (Å²) in [6.45, 7) is 1.84. The molecule has 0 bridgehead atoms. The van der Waals surface area contributed by atoms with Crippen molar-refractivity contribution in [2.45, 2.75) is 25.0 Å². The van der Waals surface area contributed by atoms with E-state index in [9.17, 15) is 5.11 Å². The van der Waals surface area contributed by atoms with Crippen molar-refractivity contribution in [2.75, 3.05) is 21.0 Å². The van der Waals surface area contributed by atoms with E-state index in [4.69, 9.17) is 23.7 Å². The summed E-state index contributed by atoms with van der Waals surface area (Å²) in [5.41, 5.74) is 1.84.